The Morgan fingerprint density at radius 3 is 2.45 bits per heavy atom. The van der Waals surface area contributed by atoms with Crippen molar-refractivity contribution in [2.24, 2.45) is 5.92 Å². The molecule has 33 heavy (non-hydrogen) atoms. The van der Waals surface area contributed by atoms with E-state index < -0.39 is 0 Å². The highest BCUT2D eigenvalue weighted by Gasteiger charge is 2.30. The number of piperidine rings is 2. The predicted molar refractivity (Wildman–Crippen MR) is 133 cm³/mol. The molecule has 0 atom stereocenters. The zero-order valence-electron chi connectivity index (χ0n) is 18.6. The summed E-state index contributed by atoms with van der Waals surface area (Å²) >= 11 is 12.2. The summed E-state index contributed by atoms with van der Waals surface area (Å²) in [7, 11) is 0. The number of aromatic nitrogens is 2. The van der Waals surface area contributed by atoms with Gasteiger partial charge >= 0.3 is 0 Å². The molecule has 3 aromatic rings. The molecule has 2 aliphatic rings. The second-order valence-electron chi connectivity index (χ2n) is 9.23. The van der Waals surface area contributed by atoms with Gasteiger partial charge in [0.05, 0.1) is 27.3 Å². The molecule has 0 radical (unpaired) electrons. The molecule has 0 spiro atoms. The van der Waals surface area contributed by atoms with Crippen molar-refractivity contribution in [2.45, 2.75) is 38.1 Å². The van der Waals surface area contributed by atoms with Gasteiger partial charge in [0.15, 0.2) is 0 Å². The monoisotopic (exact) mass is 482 g/mol. The fourth-order valence-electron chi connectivity index (χ4n) is 5.30. The maximum atomic E-state index is 13.2. The molecule has 0 bridgehead atoms. The van der Waals surface area contributed by atoms with Crippen molar-refractivity contribution < 1.29 is 4.79 Å². The van der Waals surface area contributed by atoms with E-state index in [0.29, 0.717) is 27.6 Å². The van der Waals surface area contributed by atoms with E-state index in [2.05, 4.69) is 21.2 Å². The van der Waals surface area contributed by atoms with Crippen molar-refractivity contribution in [3.8, 4) is 0 Å². The Morgan fingerprint density at radius 1 is 0.939 bits per heavy atom. The number of halogens is 2. The van der Waals surface area contributed by atoms with Gasteiger partial charge in [-0.3, -0.25) is 4.79 Å². The Morgan fingerprint density at radius 2 is 1.70 bits per heavy atom. The second kappa shape index (κ2) is 9.96. The molecule has 3 heterocycles. The lowest BCUT2D eigenvalue weighted by Crippen LogP contribution is -2.49. The van der Waals surface area contributed by atoms with Gasteiger partial charge in [-0.1, -0.05) is 47.5 Å². The number of hydrogen-bond donors (Lipinski definition) is 0. The van der Waals surface area contributed by atoms with Gasteiger partial charge in [-0.25, -0.2) is 0 Å². The van der Waals surface area contributed by atoms with Crippen LogP contribution in [0.5, 0.6) is 0 Å². The normalized spacial score (nSPS) is 18.7. The van der Waals surface area contributed by atoms with Crippen LogP contribution in [0.25, 0.3) is 10.9 Å². The number of benzene rings is 2. The maximum absolute atomic E-state index is 13.2. The number of amides is 1. The summed E-state index contributed by atoms with van der Waals surface area (Å²) in [4.78, 5) is 17.8. The molecule has 2 aromatic carbocycles. The van der Waals surface area contributed by atoms with Crippen LogP contribution in [0.1, 0.15) is 41.6 Å². The van der Waals surface area contributed by atoms with Crippen molar-refractivity contribution in [3.05, 3.63) is 69.8 Å². The van der Waals surface area contributed by atoms with Crippen LogP contribution in [-0.2, 0) is 6.42 Å². The molecule has 7 heteroatoms. The number of carbonyl (C=O) groups excluding carboxylic acids is 1. The first-order valence-corrected chi connectivity index (χ1v) is 12.5. The van der Waals surface area contributed by atoms with Gasteiger partial charge in [0.2, 0.25) is 0 Å². The molecular formula is C26H28Cl2N4O. The second-order valence-corrected chi connectivity index (χ2v) is 10.0. The average Bonchev–Trinajstić information content (AvgIpc) is 2.86. The highest BCUT2D eigenvalue weighted by molar-refractivity contribution is 6.42. The van der Waals surface area contributed by atoms with E-state index in [1.807, 2.05) is 41.3 Å². The SMILES string of the molecule is O=C(c1cnnc2ccccc12)N1CCC(N2CCC(Cc3ccc(Cl)c(Cl)c3)CC2)CC1. The topological polar surface area (TPSA) is 49.3 Å². The number of carbonyl (C=O) groups is 1. The smallest absolute Gasteiger partial charge is 0.256 e. The molecule has 2 aliphatic heterocycles. The van der Waals surface area contributed by atoms with Crippen molar-refractivity contribution in [1.29, 1.82) is 0 Å². The summed E-state index contributed by atoms with van der Waals surface area (Å²) in [6.45, 7) is 3.85. The van der Waals surface area contributed by atoms with Crippen LogP contribution >= 0.6 is 23.2 Å². The van der Waals surface area contributed by atoms with Crippen LogP contribution in [0, 0.1) is 5.92 Å². The molecule has 5 rings (SSSR count). The Labute approximate surface area is 204 Å². The summed E-state index contributed by atoms with van der Waals surface area (Å²) in [5, 5.41) is 10.3. The fourth-order valence-corrected chi connectivity index (χ4v) is 5.62. The molecule has 1 aromatic heterocycles. The Bertz CT molecular complexity index is 1130. The highest BCUT2D eigenvalue weighted by atomic mass is 35.5. The fraction of sp³-hybridized carbons (Fsp3) is 0.423. The summed E-state index contributed by atoms with van der Waals surface area (Å²) in [5.41, 5.74) is 2.69. The van der Waals surface area contributed by atoms with Gasteiger partial charge in [0.25, 0.3) is 5.91 Å². The van der Waals surface area contributed by atoms with E-state index in [4.69, 9.17) is 23.2 Å². The van der Waals surface area contributed by atoms with Crippen LogP contribution in [0.4, 0.5) is 0 Å². The van der Waals surface area contributed by atoms with Crippen LogP contribution in [0.3, 0.4) is 0 Å². The zero-order valence-corrected chi connectivity index (χ0v) is 20.1. The molecule has 5 nitrogen and oxygen atoms in total. The van der Waals surface area contributed by atoms with Crippen molar-refractivity contribution in [1.82, 2.24) is 20.0 Å². The van der Waals surface area contributed by atoms with E-state index in [1.54, 1.807) is 6.20 Å². The van der Waals surface area contributed by atoms with Crippen LogP contribution in [0.2, 0.25) is 10.0 Å². The van der Waals surface area contributed by atoms with E-state index in [9.17, 15) is 4.79 Å². The first-order valence-electron chi connectivity index (χ1n) is 11.8. The third kappa shape index (κ3) is 5.01. The van der Waals surface area contributed by atoms with Gasteiger partial charge in [0, 0.05) is 24.5 Å². The number of nitrogens with zero attached hydrogens (tertiary/aromatic N) is 4. The summed E-state index contributed by atoms with van der Waals surface area (Å²) in [6.07, 6.45) is 7.13. The molecule has 1 amide bonds. The summed E-state index contributed by atoms with van der Waals surface area (Å²) in [5.74, 6) is 0.757. The lowest BCUT2D eigenvalue weighted by molar-refractivity contribution is 0.0553. The first-order chi connectivity index (χ1) is 16.1. The van der Waals surface area contributed by atoms with Gasteiger partial charge in [0.1, 0.15) is 0 Å². The maximum Gasteiger partial charge on any atom is 0.256 e. The van der Waals surface area contributed by atoms with Gasteiger partial charge in [-0.2, -0.15) is 10.2 Å². The van der Waals surface area contributed by atoms with Crippen LogP contribution in [-0.4, -0.2) is 58.1 Å². The Balaban J connectivity index is 1.13. The van der Waals surface area contributed by atoms with E-state index in [-0.39, 0.29) is 5.91 Å². The molecule has 2 saturated heterocycles. The zero-order chi connectivity index (χ0) is 22.8. The number of likely N-dealkylation sites (tertiary alicyclic amines) is 2. The van der Waals surface area contributed by atoms with Crippen LogP contribution in [0.15, 0.2) is 48.7 Å². The number of rotatable bonds is 4. The van der Waals surface area contributed by atoms with E-state index in [1.165, 1.54) is 18.4 Å². The van der Waals surface area contributed by atoms with E-state index >= 15 is 0 Å². The minimum Gasteiger partial charge on any atom is -0.338 e. The molecular weight excluding hydrogens is 455 g/mol. The lowest BCUT2D eigenvalue weighted by Gasteiger charge is -2.42. The van der Waals surface area contributed by atoms with Crippen molar-refractivity contribution >= 4 is 40.0 Å². The molecule has 0 aliphatic carbocycles. The Kier molecular flexibility index (Phi) is 6.81. The van der Waals surface area contributed by atoms with Gasteiger partial charge in [-0.15, -0.1) is 0 Å². The number of fused-ring (bicyclic) bond motifs is 1. The third-order valence-corrected chi connectivity index (χ3v) is 7.94. The highest BCUT2D eigenvalue weighted by Crippen LogP contribution is 2.29. The molecule has 0 saturated carbocycles. The minimum absolute atomic E-state index is 0.0693. The summed E-state index contributed by atoms with van der Waals surface area (Å²) < 4.78 is 0. The van der Waals surface area contributed by atoms with Crippen molar-refractivity contribution in [2.75, 3.05) is 26.2 Å². The Hall–Kier alpha value is -2.21. The number of hydrogen-bond acceptors (Lipinski definition) is 4. The van der Waals surface area contributed by atoms with Gasteiger partial charge in [-0.05, 0) is 74.9 Å². The standard InChI is InChI=1S/C26H28Cl2N4O/c27-23-6-5-19(16-24(23)28)15-18-7-11-31(12-8-18)20-9-13-32(14-10-20)26(33)22-17-29-30-25-4-2-1-3-21(22)25/h1-6,16-18,20H,7-15H2. The largest absolute Gasteiger partial charge is 0.338 e. The first kappa shape index (κ1) is 22.6. The van der Waals surface area contributed by atoms with Crippen molar-refractivity contribution in [3.63, 3.8) is 0 Å². The molecule has 172 valence electrons. The lowest BCUT2D eigenvalue weighted by atomic mass is 9.88. The molecule has 2 fully saturated rings. The quantitative estimate of drug-likeness (QED) is 0.492. The van der Waals surface area contributed by atoms with E-state index in [0.717, 1.165) is 56.3 Å². The van der Waals surface area contributed by atoms with Gasteiger partial charge < -0.3 is 9.80 Å². The molecule has 0 N–H and O–H groups in total. The van der Waals surface area contributed by atoms with Crippen LogP contribution < -0.4 is 0 Å². The third-order valence-electron chi connectivity index (χ3n) is 7.20. The minimum atomic E-state index is 0.0693. The predicted octanol–water partition coefficient (Wildman–Crippen LogP) is 5.50. The average molecular weight is 483 g/mol. The molecule has 0 unspecified atom stereocenters. The summed E-state index contributed by atoms with van der Waals surface area (Å²) in [6, 6.07) is 14.3.